The number of ketones is 1. The predicted octanol–water partition coefficient (Wildman–Crippen LogP) is 5.06. The van der Waals surface area contributed by atoms with Gasteiger partial charge in [-0.15, -0.1) is 0 Å². The molecule has 0 saturated carbocycles. The summed E-state index contributed by atoms with van der Waals surface area (Å²) in [6.07, 6.45) is 2.97. The lowest BCUT2D eigenvalue weighted by atomic mass is 10.0. The van der Waals surface area contributed by atoms with Gasteiger partial charge in [0.15, 0.2) is 17.3 Å². The monoisotopic (exact) mass is 610 g/mol. The maximum atomic E-state index is 13.7. The normalized spacial score (nSPS) is 12.0. The number of aromatic hydroxyl groups is 1. The van der Waals surface area contributed by atoms with Crippen molar-refractivity contribution < 1.29 is 29.1 Å². The fraction of sp³-hybridized carbons (Fsp3) is 0.214. The van der Waals surface area contributed by atoms with Crippen molar-refractivity contribution in [2.24, 2.45) is 4.99 Å². The number of hydrogen-bond donors (Lipinski definition) is 2. The van der Waals surface area contributed by atoms with Gasteiger partial charge in [-0.3, -0.25) is 24.7 Å². The number of allylic oxidation sites excluding steroid dienone is 2. The summed E-state index contributed by atoms with van der Waals surface area (Å²) >= 11 is 0. The van der Waals surface area contributed by atoms with Crippen molar-refractivity contribution in [2.75, 3.05) is 26.0 Å². The molecule has 42 heavy (non-hydrogen) atoms. The van der Waals surface area contributed by atoms with E-state index in [0.717, 1.165) is 6.07 Å². The van der Waals surface area contributed by atoms with Crippen LogP contribution in [0, 0.1) is 10.1 Å². The molecule has 12 nitrogen and oxygen atoms in total. The number of non-ortho nitro benzene ring substituents is 1. The molecular weight excluding hydrogens is 584 g/mol. The van der Waals surface area contributed by atoms with Gasteiger partial charge in [-0.2, -0.15) is 0 Å². The molecule has 0 unspecified atom stereocenters. The quantitative estimate of drug-likeness (QED) is 0.0522. The molecule has 14 heteroatoms. The molecule has 218 valence electrons. The molecule has 0 saturated heterocycles. The highest BCUT2D eigenvalue weighted by molar-refractivity contribution is 8.78. The largest absolute Gasteiger partial charge is 0.504 e. The predicted molar refractivity (Wildman–Crippen MR) is 164 cm³/mol. The SMILES string of the molecule is C=C/C=C(\N=C)SSCCOC(=O)NCCCn1c2c(c3ccc([N+](=O)[O-])cc3c1=O)C(=O)c1cc(O)c(OC)cc1-2. The van der Waals surface area contributed by atoms with Crippen molar-refractivity contribution in [2.45, 2.75) is 13.0 Å². The lowest BCUT2D eigenvalue weighted by Gasteiger charge is -2.16. The molecule has 0 fully saturated rings. The van der Waals surface area contributed by atoms with Gasteiger partial charge in [0.05, 0.1) is 28.7 Å². The van der Waals surface area contributed by atoms with Crippen LogP contribution in [0.2, 0.25) is 0 Å². The number of nitro benzene ring substituents is 1. The molecule has 1 aliphatic rings. The summed E-state index contributed by atoms with van der Waals surface area (Å²) < 4.78 is 11.8. The Hall–Kier alpha value is -4.56. The number of ether oxygens (including phenoxy) is 2. The van der Waals surface area contributed by atoms with E-state index in [0.29, 0.717) is 22.0 Å². The average Bonchev–Trinajstić information content (AvgIpc) is 3.25. The van der Waals surface area contributed by atoms with Crippen LogP contribution in [0.1, 0.15) is 22.3 Å². The number of amides is 1. The van der Waals surface area contributed by atoms with Crippen molar-refractivity contribution >= 4 is 56.6 Å². The number of methoxy groups -OCH3 is 1. The second-order valence-corrected chi connectivity index (χ2v) is 11.2. The van der Waals surface area contributed by atoms with Crippen molar-refractivity contribution in [1.29, 1.82) is 0 Å². The third-order valence-corrected chi connectivity index (χ3v) is 8.55. The summed E-state index contributed by atoms with van der Waals surface area (Å²) in [6, 6.07) is 6.53. The zero-order chi connectivity index (χ0) is 30.4. The highest BCUT2D eigenvalue weighted by Gasteiger charge is 2.34. The van der Waals surface area contributed by atoms with E-state index < -0.39 is 22.4 Å². The van der Waals surface area contributed by atoms with E-state index in [-0.39, 0.29) is 65.2 Å². The van der Waals surface area contributed by atoms with Crippen molar-refractivity contribution in [1.82, 2.24) is 9.88 Å². The number of nitrogens with one attached hydrogen (secondary N) is 1. The van der Waals surface area contributed by atoms with E-state index in [1.54, 1.807) is 12.2 Å². The van der Waals surface area contributed by atoms with E-state index in [9.17, 15) is 29.6 Å². The number of phenolic OH excluding ortho intramolecular Hbond substituents is 1. The van der Waals surface area contributed by atoms with Crippen molar-refractivity contribution in [3.8, 4) is 22.8 Å². The molecule has 0 bridgehead atoms. The van der Waals surface area contributed by atoms with Crippen LogP contribution < -0.4 is 15.6 Å². The lowest BCUT2D eigenvalue weighted by Crippen LogP contribution is -2.29. The minimum Gasteiger partial charge on any atom is -0.504 e. The Morgan fingerprint density at radius 1 is 1.24 bits per heavy atom. The van der Waals surface area contributed by atoms with Crippen LogP contribution in [0.5, 0.6) is 11.5 Å². The fourth-order valence-corrected chi connectivity index (χ4v) is 6.18. The number of aromatic nitrogens is 1. The van der Waals surface area contributed by atoms with Crippen molar-refractivity contribution in [3.63, 3.8) is 0 Å². The van der Waals surface area contributed by atoms with Gasteiger partial charge >= 0.3 is 6.09 Å². The number of phenols is 1. The Labute approximate surface area is 247 Å². The first-order valence-electron chi connectivity index (χ1n) is 12.5. The highest BCUT2D eigenvalue weighted by Crippen LogP contribution is 2.44. The Morgan fingerprint density at radius 2 is 2.02 bits per heavy atom. The number of carbonyl (C=O) groups excluding carboxylic acids is 2. The molecule has 2 N–H and O–H groups in total. The van der Waals surface area contributed by atoms with Crippen LogP contribution in [0.15, 0.2) is 63.9 Å². The van der Waals surface area contributed by atoms with E-state index in [1.165, 1.54) is 57.5 Å². The maximum Gasteiger partial charge on any atom is 0.407 e. The molecule has 0 atom stereocenters. The number of nitrogens with zero attached hydrogens (tertiary/aromatic N) is 3. The lowest BCUT2D eigenvalue weighted by molar-refractivity contribution is -0.384. The Balaban J connectivity index is 1.53. The van der Waals surface area contributed by atoms with Gasteiger partial charge in [-0.25, -0.2) is 4.79 Å². The number of hydrogen-bond acceptors (Lipinski definition) is 11. The van der Waals surface area contributed by atoms with Crippen LogP contribution in [0.4, 0.5) is 10.5 Å². The standard InChI is InChI=1S/C28H26N4O8S2/c1-4-6-23(29-2)42-41-12-11-40-28(36)30-9-5-10-31-25-18-15-22(39-3)21(33)14-19(18)26(34)24(25)17-8-7-16(32(37)38)13-20(17)27(31)35/h4,6-8,13-15,33H,1-2,5,9-12H2,3H3,(H,30,36)/b23-6+. The number of pyridine rings is 1. The zero-order valence-corrected chi connectivity index (χ0v) is 24.1. The molecule has 0 radical (unpaired) electrons. The van der Waals surface area contributed by atoms with Gasteiger partial charge in [-0.05, 0) is 48.2 Å². The number of fused-ring (bicyclic) bond motifs is 5. The number of alkyl carbamates (subject to hydrolysis) is 1. The zero-order valence-electron chi connectivity index (χ0n) is 22.5. The van der Waals surface area contributed by atoms with Crippen LogP contribution in [0.25, 0.3) is 22.0 Å². The molecule has 1 aliphatic carbocycles. The minimum absolute atomic E-state index is 0.0146. The molecular formula is C28H26N4O8S2. The van der Waals surface area contributed by atoms with Crippen molar-refractivity contribution in [3.05, 3.63) is 85.7 Å². The molecule has 1 amide bonds. The molecule has 1 aromatic heterocycles. The van der Waals surface area contributed by atoms with Gasteiger partial charge in [0, 0.05) is 47.5 Å². The Morgan fingerprint density at radius 3 is 2.71 bits per heavy atom. The van der Waals surface area contributed by atoms with E-state index >= 15 is 0 Å². The highest BCUT2D eigenvalue weighted by atomic mass is 33.1. The van der Waals surface area contributed by atoms with Crippen LogP contribution in [0.3, 0.4) is 0 Å². The fourth-order valence-electron chi connectivity index (χ4n) is 4.48. The summed E-state index contributed by atoms with van der Waals surface area (Å²) in [5, 5.41) is 25.3. The van der Waals surface area contributed by atoms with E-state index in [4.69, 9.17) is 9.47 Å². The second-order valence-electron chi connectivity index (χ2n) is 8.79. The number of benzene rings is 2. The third-order valence-electron chi connectivity index (χ3n) is 6.30. The number of nitro groups is 1. The number of carbonyl (C=O) groups is 2. The average molecular weight is 611 g/mol. The van der Waals surface area contributed by atoms with Gasteiger partial charge in [0.25, 0.3) is 11.2 Å². The topological polar surface area (TPSA) is 162 Å². The first-order chi connectivity index (χ1) is 20.2. The van der Waals surface area contributed by atoms with Gasteiger partial charge in [-0.1, -0.05) is 23.4 Å². The molecule has 3 aromatic rings. The number of aliphatic imine (C=N–C) groups is 1. The number of rotatable bonds is 13. The van der Waals surface area contributed by atoms with E-state index in [2.05, 4.69) is 23.6 Å². The Kier molecular flexibility index (Phi) is 9.70. The molecule has 1 heterocycles. The molecule has 4 rings (SSSR count). The summed E-state index contributed by atoms with van der Waals surface area (Å²) in [5.41, 5.74) is 0.260. The summed E-state index contributed by atoms with van der Waals surface area (Å²) in [7, 11) is 4.18. The summed E-state index contributed by atoms with van der Waals surface area (Å²) in [5.74, 6) is -0.0395. The summed E-state index contributed by atoms with van der Waals surface area (Å²) in [4.78, 5) is 53.9. The second kappa shape index (κ2) is 13.4. The maximum absolute atomic E-state index is 13.7. The molecule has 2 aromatic carbocycles. The van der Waals surface area contributed by atoms with Crippen LogP contribution in [-0.2, 0) is 11.3 Å². The van der Waals surface area contributed by atoms with Crippen LogP contribution >= 0.6 is 21.6 Å². The Bertz CT molecular complexity index is 1700. The van der Waals surface area contributed by atoms with E-state index in [1.807, 2.05) is 0 Å². The van der Waals surface area contributed by atoms with Gasteiger partial charge in [0.1, 0.15) is 11.6 Å². The summed E-state index contributed by atoms with van der Waals surface area (Å²) in [6.45, 7) is 7.46. The van der Waals surface area contributed by atoms with Crippen LogP contribution in [-0.4, -0.2) is 59.2 Å². The van der Waals surface area contributed by atoms with Gasteiger partial charge < -0.3 is 24.5 Å². The smallest absolute Gasteiger partial charge is 0.407 e. The first-order valence-corrected chi connectivity index (χ1v) is 14.8. The van der Waals surface area contributed by atoms with Gasteiger partial charge in [0.2, 0.25) is 0 Å². The molecule has 0 aliphatic heterocycles. The minimum atomic E-state index is -0.628. The third kappa shape index (κ3) is 6.19. The molecule has 0 spiro atoms. The first kappa shape index (κ1) is 30.4.